The topological polar surface area (TPSA) is 55.9 Å². The van der Waals surface area contributed by atoms with E-state index in [4.69, 9.17) is 5.73 Å². The summed E-state index contributed by atoms with van der Waals surface area (Å²) in [6, 6.07) is 0.242. The first-order valence-corrected chi connectivity index (χ1v) is 6.21. The van der Waals surface area contributed by atoms with Gasteiger partial charge in [-0.15, -0.1) is 0 Å². The van der Waals surface area contributed by atoms with Crippen LogP contribution in [0.25, 0.3) is 0 Å². The van der Waals surface area contributed by atoms with Gasteiger partial charge >= 0.3 is 0 Å². The molecule has 90 valence electrons. The zero-order valence-electron chi connectivity index (χ0n) is 10.0. The highest BCUT2D eigenvalue weighted by Gasteiger charge is 2.20. The molecule has 0 amide bonds. The average molecular weight is 222 g/mol. The predicted octanol–water partition coefficient (Wildman–Crippen LogP) is 1.20. The number of hydrogen-bond acceptors (Lipinski definition) is 3. The number of nitrogens with two attached hydrogens (primary N) is 1. The van der Waals surface area contributed by atoms with Crippen LogP contribution in [0.4, 0.5) is 0 Å². The zero-order chi connectivity index (χ0) is 11.4. The SMILES string of the molecule is Cn1cncc1C(CN)NCCCC1CC1. The summed E-state index contributed by atoms with van der Waals surface area (Å²) in [5.41, 5.74) is 6.96. The predicted molar refractivity (Wildman–Crippen MR) is 65.0 cm³/mol. The summed E-state index contributed by atoms with van der Waals surface area (Å²) in [5, 5.41) is 3.51. The van der Waals surface area contributed by atoms with Crippen LogP contribution in [0, 0.1) is 5.92 Å². The van der Waals surface area contributed by atoms with Crippen LogP contribution in [0.5, 0.6) is 0 Å². The molecule has 3 N–H and O–H groups in total. The fourth-order valence-electron chi connectivity index (χ4n) is 2.09. The molecule has 16 heavy (non-hydrogen) atoms. The van der Waals surface area contributed by atoms with Crippen molar-refractivity contribution in [3.63, 3.8) is 0 Å². The molecule has 1 fully saturated rings. The largest absolute Gasteiger partial charge is 0.336 e. The summed E-state index contributed by atoms with van der Waals surface area (Å²) in [6.07, 6.45) is 9.24. The van der Waals surface area contributed by atoms with Gasteiger partial charge in [0.2, 0.25) is 0 Å². The quantitative estimate of drug-likeness (QED) is 0.682. The van der Waals surface area contributed by atoms with Crippen molar-refractivity contribution in [2.24, 2.45) is 18.7 Å². The van der Waals surface area contributed by atoms with Crippen LogP contribution in [0.3, 0.4) is 0 Å². The molecule has 0 spiro atoms. The number of imidazole rings is 1. The van der Waals surface area contributed by atoms with Crippen LogP contribution in [-0.2, 0) is 7.05 Å². The lowest BCUT2D eigenvalue weighted by molar-refractivity contribution is 0.493. The Kier molecular flexibility index (Phi) is 3.96. The van der Waals surface area contributed by atoms with Crippen LogP contribution in [0.15, 0.2) is 12.5 Å². The first-order chi connectivity index (χ1) is 7.81. The number of aryl methyl sites for hydroxylation is 1. The third kappa shape index (κ3) is 3.06. The zero-order valence-corrected chi connectivity index (χ0v) is 10.0. The molecule has 1 atom stereocenters. The minimum Gasteiger partial charge on any atom is -0.336 e. The summed E-state index contributed by atoms with van der Waals surface area (Å²) in [4.78, 5) is 4.12. The van der Waals surface area contributed by atoms with Crippen molar-refractivity contribution >= 4 is 0 Å². The van der Waals surface area contributed by atoms with E-state index in [1.54, 1.807) is 0 Å². The maximum Gasteiger partial charge on any atom is 0.0946 e. The number of aromatic nitrogens is 2. The second kappa shape index (κ2) is 5.46. The maximum atomic E-state index is 5.78. The molecule has 1 heterocycles. The normalized spacial score (nSPS) is 17.6. The maximum absolute atomic E-state index is 5.78. The minimum atomic E-state index is 0.242. The third-order valence-electron chi connectivity index (χ3n) is 3.32. The molecule has 0 aromatic carbocycles. The molecule has 1 aliphatic rings. The highest BCUT2D eigenvalue weighted by atomic mass is 15.1. The Morgan fingerprint density at radius 1 is 1.62 bits per heavy atom. The number of nitrogens with zero attached hydrogens (tertiary/aromatic N) is 2. The molecule has 2 rings (SSSR count). The second-order valence-electron chi connectivity index (χ2n) is 4.76. The van der Waals surface area contributed by atoms with E-state index in [9.17, 15) is 0 Å². The molecule has 0 aliphatic heterocycles. The molecule has 0 saturated heterocycles. The Labute approximate surface area is 97.2 Å². The number of nitrogens with one attached hydrogen (secondary N) is 1. The minimum absolute atomic E-state index is 0.242. The lowest BCUT2D eigenvalue weighted by atomic mass is 10.2. The lowest BCUT2D eigenvalue weighted by Crippen LogP contribution is -2.30. The van der Waals surface area contributed by atoms with Gasteiger partial charge in [-0.1, -0.05) is 12.8 Å². The molecular formula is C12H22N4. The van der Waals surface area contributed by atoms with Gasteiger partial charge in [-0.05, 0) is 25.3 Å². The second-order valence-corrected chi connectivity index (χ2v) is 4.76. The molecule has 1 aliphatic carbocycles. The molecule has 4 heteroatoms. The fraction of sp³-hybridized carbons (Fsp3) is 0.750. The first kappa shape index (κ1) is 11.6. The molecule has 1 saturated carbocycles. The Balaban J connectivity index is 1.74. The monoisotopic (exact) mass is 222 g/mol. The van der Waals surface area contributed by atoms with Crippen LogP contribution in [0.2, 0.25) is 0 Å². The molecule has 1 unspecified atom stereocenters. The van der Waals surface area contributed by atoms with E-state index in [1.165, 1.54) is 31.4 Å². The van der Waals surface area contributed by atoms with E-state index in [0.29, 0.717) is 6.54 Å². The Hall–Kier alpha value is -0.870. The molecule has 1 aromatic rings. The Bertz CT molecular complexity index is 317. The van der Waals surface area contributed by atoms with E-state index in [0.717, 1.165) is 12.5 Å². The van der Waals surface area contributed by atoms with E-state index < -0.39 is 0 Å². The van der Waals surface area contributed by atoms with Crippen molar-refractivity contribution in [3.05, 3.63) is 18.2 Å². The van der Waals surface area contributed by atoms with Gasteiger partial charge < -0.3 is 15.6 Å². The van der Waals surface area contributed by atoms with Gasteiger partial charge in [0.15, 0.2) is 0 Å². The van der Waals surface area contributed by atoms with Gasteiger partial charge in [-0.25, -0.2) is 4.98 Å². The van der Waals surface area contributed by atoms with Crippen LogP contribution >= 0.6 is 0 Å². The number of rotatable bonds is 7. The highest BCUT2D eigenvalue weighted by Crippen LogP contribution is 2.33. The average Bonchev–Trinajstić information content (AvgIpc) is 3.02. The van der Waals surface area contributed by atoms with Crippen molar-refractivity contribution in [1.82, 2.24) is 14.9 Å². The van der Waals surface area contributed by atoms with Crippen molar-refractivity contribution in [2.75, 3.05) is 13.1 Å². The van der Waals surface area contributed by atoms with Crippen LogP contribution < -0.4 is 11.1 Å². The molecule has 4 nitrogen and oxygen atoms in total. The van der Waals surface area contributed by atoms with Gasteiger partial charge in [-0.2, -0.15) is 0 Å². The fourth-order valence-corrected chi connectivity index (χ4v) is 2.09. The van der Waals surface area contributed by atoms with Gasteiger partial charge in [0.05, 0.1) is 18.1 Å². The summed E-state index contributed by atoms with van der Waals surface area (Å²) in [7, 11) is 2.01. The van der Waals surface area contributed by atoms with Crippen molar-refractivity contribution < 1.29 is 0 Å². The summed E-state index contributed by atoms with van der Waals surface area (Å²) < 4.78 is 2.03. The van der Waals surface area contributed by atoms with Crippen LogP contribution in [0.1, 0.15) is 37.4 Å². The van der Waals surface area contributed by atoms with Gasteiger partial charge in [0, 0.05) is 19.8 Å². The van der Waals surface area contributed by atoms with Crippen molar-refractivity contribution in [2.45, 2.75) is 31.7 Å². The first-order valence-electron chi connectivity index (χ1n) is 6.21. The molecule has 1 aromatic heterocycles. The number of hydrogen-bond donors (Lipinski definition) is 2. The standard InChI is InChI=1S/C12H22N4/c1-16-9-14-8-12(16)11(7-13)15-6-2-3-10-4-5-10/h8-11,15H,2-7,13H2,1H3. The summed E-state index contributed by atoms with van der Waals surface area (Å²) >= 11 is 0. The Morgan fingerprint density at radius 2 is 2.44 bits per heavy atom. The molecule has 0 radical (unpaired) electrons. The smallest absolute Gasteiger partial charge is 0.0946 e. The molecular weight excluding hydrogens is 200 g/mol. The Morgan fingerprint density at radius 3 is 3.00 bits per heavy atom. The highest BCUT2D eigenvalue weighted by molar-refractivity contribution is 5.05. The van der Waals surface area contributed by atoms with Crippen molar-refractivity contribution in [3.8, 4) is 0 Å². The van der Waals surface area contributed by atoms with E-state index in [2.05, 4.69) is 10.3 Å². The van der Waals surface area contributed by atoms with E-state index in [1.807, 2.05) is 24.1 Å². The third-order valence-corrected chi connectivity index (χ3v) is 3.32. The summed E-state index contributed by atoms with van der Waals surface area (Å²) in [6.45, 7) is 1.69. The van der Waals surface area contributed by atoms with Gasteiger partial charge in [0.25, 0.3) is 0 Å². The summed E-state index contributed by atoms with van der Waals surface area (Å²) in [5.74, 6) is 1.02. The van der Waals surface area contributed by atoms with E-state index >= 15 is 0 Å². The van der Waals surface area contributed by atoms with Crippen molar-refractivity contribution in [1.29, 1.82) is 0 Å². The van der Waals surface area contributed by atoms with Gasteiger partial charge in [0.1, 0.15) is 0 Å². The van der Waals surface area contributed by atoms with E-state index in [-0.39, 0.29) is 6.04 Å². The lowest BCUT2D eigenvalue weighted by Gasteiger charge is -2.17. The molecule has 0 bridgehead atoms. The van der Waals surface area contributed by atoms with Crippen LogP contribution in [-0.4, -0.2) is 22.6 Å². The van der Waals surface area contributed by atoms with Gasteiger partial charge in [-0.3, -0.25) is 0 Å².